The topological polar surface area (TPSA) is 78.9 Å². The van der Waals surface area contributed by atoms with Crippen molar-refractivity contribution < 1.29 is 18.3 Å². The summed E-state index contributed by atoms with van der Waals surface area (Å²) < 4.78 is 20.9. The molecule has 0 bridgehead atoms. The van der Waals surface area contributed by atoms with Crippen LogP contribution in [-0.2, 0) is 0 Å². The Labute approximate surface area is 118 Å². The zero-order valence-electron chi connectivity index (χ0n) is 11.7. The summed E-state index contributed by atoms with van der Waals surface area (Å²) in [4.78, 5) is 23.7. The maximum Gasteiger partial charge on any atom is 0.347 e. The maximum atomic E-state index is 12.1. The molecular weight excluding hydrogens is 276 g/mol. The van der Waals surface area contributed by atoms with Crippen LogP contribution in [0.1, 0.15) is 5.56 Å². The van der Waals surface area contributed by atoms with Gasteiger partial charge in [0.15, 0.2) is 17.1 Å². The van der Waals surface area contributed by atoms with Crippen LogP contribution >= 0.6 is 0 Å². The Hall–Kier alpha value is -2.76. The average molecular weight is 288 g/mol. The minimum absolute atomic E-state index is 0.187. The number of methoxy groups -OCH3 is 2. The second-order valence-electron chi connectivity index (χ2n) is 4.55. The summed E-state index contributed by atoms with van der Waals surface area (Å²) in [6.45, 7) is 1.66. The van der Waals surface area contributed by atoms with Gasteiger partial charge in [-0.2, -0.15) is 0 Å². The van der Waals surface area contributed by atoms with E-state index in [1.54, 1.807) is 13.0 Å². The molecule has 21 heavy (non-hydrogen) atoms. The van der Waals surface area contributed by atoms with Gasteiger partial charge in [0.2, 0.25) is 0 Å². The summed E-state index contributed by atoms with van der Waals surface area (Å²) in [7, 11) is 2.97. The quantitative estimate of drug-likeness (QED) is 0.531. The summed E-state index contributed by atoms with van der Waals surface area (Å²) in [6.07, 6.45) is 0. The molecule has 0 unspecified atom stereocenters. The molecule has 6 nitrogen and oxygen atoms in total. The van der Waals surface area contributed by atoms with E-state index >= 15 is 0 Å². The van der Waals surface area contributed by atoms with Gasteiger partial charge in [-0.05, 0) is 18.6 Å². The molecule has 0 saturated carbocycles. The fourth-order valence-corrected chi connectivity index (χ4v) is 2.33. The highest BCUT2D eigenvalue weighted by molar-refractivity contribution is 6.02. The SMILES string of the molecule is COc1cc2oc(=O)c3c(C)cc(=O)oc3c2cc1OC. The van der Waals surface area contributed by atoms with Crippen molar-refractivity contribution in [2.75, 3.05) is 14.2 Å². The number of fused-ring (bicyclic) bond motifs is 3. The van der Waals surface area contributed by atoms with Gasteiger partial charge in [0.1, 0.15) is 11.0 Å². The van der Waals surface area contributed by atoms with Gasteiger partial charge in [-0.3, -0.25) is 0 Å². The molecular formula is C15H12O6. The van der Waals surface area contributed by atoms with E-state index in [0.717, 1.165) is 0 Å². The molecule has 0 fully saturated rings. The molecule has 0 atom stereocenters. The first-order valence-electron chi connectivity index (χ1n) is 6.18. The van der Waals surface area contributed by atoms with E-state index in [4.69, 9.17) is 18.3 Å². The highest BCUT2D eigenvalue weighted by Gasteiger charge is 2.16. The second-order valence-corrected chi connectivity index (χ2v) is 4.55. The standard InChI is InChI=1S/C15H12O6/c1-7-4-12(16)21-14-8-5-10(18-2)11(19-3)6-9(8)20-15(17)13(7)14/h4-6H,1-3H3. The number of benzene rings is 1. The van der Waals surface area contributed by atoms with Crippen LogP contribution in [0.2, 0.25) is 0 Å². The maximum absolute atomic E-state index is 12.1. The van der Waals surface area contributed by atoms with E-state index in [9.17, 15) is 9.59 Å². The van der Waals surface area contributed by atoms with E-state index in [-0.39, 0.29) is 16.6 Å². The molecule has 2 heterocycles. The Morgan fingerprint density at radius 2 is 1.62 bits per heavy atom. The summed E-state index contributed by atoms with van der Waals surface area (Å²) in [6, 6.07) is 4.39. The number of hydrogen-bond acceptors (Lipinski definition) is 6. The monoisotopic (exact) mass is 288 g/mol. The molecule has 0 spiro atoms. The molecule has 2 aromatic heterocycles. The first-order chi connectivity index (χ1) is 10.0. The highest BCUT2D eigenvalue weighted by atomic mass is 16.5. The largest absolute Gasteiger partial charge is 0.493 e. The van der Waals surface area contributed by atoms with Crippen molar-refractivity contribution in [1.82, 2.24) is 0 Å². The average Bonchev–Trinajstić information content (AvgIpc) is 2.45. The molecule has 1 aromatic carbocycles. The van der Waals surface area contributed by atoms with Crippen LogP contribution < -0.4 is 20.7 Å². The lowest BCUT2D eigenvalue weighted by Crippen LogP contribution is -2.07. The summed E-state index contributed by atoms with van der Waals surface area (Å²) in [5, 5.41) is 0.720. The van der Waals surface area contributed by atoms with E-state index in [1.165, 1.54) is 26.4 Å². The van der Waals surface area contributed by atoms with Crippen LogP contribution in [0.3, 0.4) is 0 Å². The Morgan fingerprint density at radius 3 is 2.29 bits per heavy atom. The lowest BCUT2D eigenvalue weighted by Gasteiger charge is -2.09. The van der Waals surface area contributed by atoms with Crippen molar-refractivity contribution in [2.24, 2.45) is 0 Å². The van der Waals surface area contributed by atoms with Crippen LogP contribution in [0.15, 0.2) is 36.6 Å². The van der Waals surface area contributed by atoms with Crippen LogP contribution in [0.5, 0.6) is 11.5 Å². The lowest BCUT2D eigenvalue weighted by molar-refractivity contribution is 0.355. The molecule has 0 saturated heterocycles. The third kappa shape index (κ3) is 1.96. The van der Waals surface area contributed by atoms with Crippen LogP contribution in [0.4, 0.5) is 0 Å². The van der Waals surface area contributed by atoms with Crippen molar-refractivity contribution in [3.8, 4) is 11.5 Å². The van der Waals surface area contributed by atoms with Crippen LogP contribution in [0, 0.1) is 6.92 Å². The van der Waals surface area contributed by atoms with Gasteiger partial charge in [-0.15, -0.1) is 0 Å². The number of ether oxygens (including phenoxy) is 2. The van der Waals surface area contributed by atoms with Gasteiger partial charge in [0.25, 0.3) is 0 Å². The van der Waals surface area contributed by atoms with Gasteiger partial charge >= 0.3 is 11.3 Å². The van der Waals surface area contributed by atoms with Crippen LogP contribution in [0.25, 0.3) is 21.9 Å². The van der Waals surface area contributed by atoms with Crippen molar-refractivity contribution >= 4 is 21.9 Å². The molecule has 0 radical (unpaired) electrons. The molecule has 6 heteroatoms. The number of hydrogen-bond donors (Lipinski definition) is 0. The third-order valence-corrected chi connectivity index (χ3v) is 3.30. The molecule has 3 aromatic rings. The molecule has 0 aliphatic rings. The summed E-state index contributed by atoms with van der Waals surface area (Å²) in [5.74, 6) is 0.867. The van der Waals surface area contributed by atoms with Gasteiger partial charge in [0, 0.05) is 12.1 Å². The lowest BCUT2D eigenvalue weighted by atomic mass is 10.1. The van der Waals surface area contributed by atoms with Crippen LogP contribution in [-0.4, -0.2) is 14.2 Å². The second kappa shape index (κ2) is 4.66. The van der Waals surface area contributed by atoms with Gasteiger partial charge in [-0.1, -0.05) is 0 Å². The Bertz CT molecular complexity index is 964. The fourth-order valence-electron chi connectivity index (χ4n) is 2.33. The van der Waals surface area contributed by atoms with E-state index in [2.05, 4.69) is 0 Å². The Balaban J connectivity index is 2.59. The zero-order valence-corrected chi connectivity index (χ0v) is 11.7. The van der Waals surface area contributed by atoms with Gasteiger partial charge in [-0.25, -0.2) is 9.59 Å². The molecule has 0 N–H and O–H groups in total. The van der Waals surface area contributed by atoms with Crippen molar-refractivity contribution in [3.05, 3.63) is 44.6 Å². The van der Waals surface area contributed by atoms with Gasteiger partial charge < -0.3 is 18.3 Å². The van der Waals surface area contributed by atoms with Crippen molar-refractivity contribution in [1.29, 1.82) is 0 Å². The minimum atomic E-state index is -0.564. The third-order valence-electron chi connectivity index (χ3n) is 3.30. The van der Waals surface area contributed by atoms with E-state index in [1.807, 2.05) is 0 Å². The predicted octanol–water partition coefficient (Wildman–Crippen LogP) is 2.23. The molecule has 0 aliphatic heterocycles. The normalized spacial score (nSPS) is 11.0. The Morgan fingerprint density at radius 1 is 0.952 bits per heavy atom. The number of rotatable bonds is 2. The highest BCUT2D eigenvalue weighted by Crippen LogP contribution is 2.34. The minimum Gasteiger partial charge on any atom is -0.493 e. The molecule has 108 valence electrons. The Kier molecular flexibility index (Phi) is 2.94. The molecule has 0 amide bonds. The van der Waals surface area contributed by atoms with Gasteiger partial charge in [0.05, 0.1) is 19.6 Å². The summed E-state index contributed by atoms with van der Waals surface area (Å²) >= 11 is 0. The van der Waals surface area contributed by atoms with Crippen molar-refractivity contribution in [3.63, 3.8) is 0 Å². The van der Waals surface area contributed by atoms with Crippen molar-refractivity contribution in [2.45, 2.75) is 6.92 Å². The van der Waals surface area contributed by atoms with E-state index in [0.29, 0.717) is 22.4 Å². The molecule has 0 aliphatic carbocycles. The molecule has 3 rings (SSSR count). The fraction of sp³-hybridized carbons (Fsp3) is 0.200. The summed E-state index contributed by atoms with van der Waals surface area (Å²) in [5.41, 5.74) is -0.134. The number of aryl methyl sites for hydroxylation is 1. The first-order valence-corrected chi connectivity index (χ1v) is 6.18. The zero-order chi connectivity index (χ0) is 15.1. The predicted molar refractivity (Wildman–Crippen MR) is 76.4 cm³/mol. The first kappa shape index (κ1) is 13.2. The smallest absolute Gasteiger partial charge is 0.347 e. The van der Waals surface area contributed by atoms with E-state index < -0.39 is 11.3 Å².